The molecule has 1 aromatic rings. The molecule has 0 aromatic heterocycles. The van der Waals surface area contributed by atoms with E-state index in [1.54, 1.807) is 12.1 Å². The molecule has 0 spiro atoms. The summed E-state index contributed by atoms with van der Waals surface area (Å²) in [5.74, 6) is 1.20. The topological polar surface area (TPSA) is 55.6 Å². The SMILES string of the molecule is COC(=O)c1ccc(N)c(N2CCC(C(C)C)CC2)c1. The summed E-state index contributed by atoms with van der Waals surface area (Å²) in [7, 11) is 1.40. The number of hydrogen-bond donors (Lipinski definition) is 1. The van der Waals surface area contributed by atoms with Crippen LogP contribution in [0.4, 0.5) is 11.4 Å². The maximum absolute atomic E-state index is 11.6. The molecule has 0 atom stereocenters. The number of ether oxygens (including phenoxy) is 1. The summed E-state index contributed by atoms with van der Waals surface area (Å²) in [5, 5.41) is 0. The highest BCUT2D eigenvalue weighted by molar-refractivity contribution is 5.92. The van der Waals surface area contributed by atoms with E-state index < -0.39 is 0 Å². The minimum atomic E-state index is -0.316. The van der Waals surface area contributed by atoms with Gasteiger partial charge in [-0.15, -0.1) is 0 Å². The number of anilines is 2. The maximum atomic E-state index is 11.6. The fourth-order valence-electron chi connectivity index (χ4n) is 2.87. The van der Waals surface area contributed by atoms with Gasteiger partial charge in [0.15, 0.2) is 0 Å². The molecule has 0 amide bonds. The van der Waals surface area contributed by atoms with Gasteiger partial charge in [0, 0.05) is 13.1 Å². The molecular formula is C16H24N2O2. The third-order valence-corrected chi connectivity index (χ3v) is 4.27. The third kappa shape index (κ3) is 3.06. The highest BCUT2D eigenvalue weighted by atomic mass is 16.5. The number of nitrogens with zero attached hydrogens (tertiary/aromatic N) is 1. The summed E-state index contributed by atoms with van der Waals surface area (Å²) in [6.07, 6.45) is 2.36. The number of nitrogens with two attached hydrogens (primary N) is 1. The molecule has 0 radical (unpaired) electrons. The van der Waals surface area contributed by atoms with Gasteiger partial charge in [0.25, 0.3) is 0 Å². The van der Waals surface area contributed by atoms with Crippen LogP contribution in [0.1, 0.15) is 37.0 Å². The van der Waals surface area contributed by atoms with Gasteiger partial charge in [-0.25, -0.2) is 4.79 Å². The lowest BCUT2D eigenvalue weighted by Gasteiger charge is -2.36. The average Bonchev–Trinajstić information content (AvgIpc) is 2.47. The fraction of sp³-hybridized carbons (Fsp3) is 0.562. The monoisotopic (exact) mass is 276 g/mol. The van der Waals surface area contributed by atoms with Gasteiger partial charge in [-0.2, -0.15) is 0 Å². The molecule has 1 fully saturated rings. The van der Waals surface area contributed by atoms with E-state index in [2.05, 4.69) is 18.7 Å². The molecule has 1 aromatic carbocycles. The van der Waals surface area contributed by atoms with Gasteiger partial charge in [0.1, 0.15) is 0 Å². The van der Waals surface area contributed by atoms with E-state index in [1.807, 2.05) is 6.07 Å². The number of esters is 1. The van der Waals surface area contributed by atoms with Crippen molar-refractivity contribution in [3.63, 3.8) is 0 Å². The standard InChI is InChI=1S/C16H24N2O2/c1-11(2)12-6-8-18(9-7-12)15-10-13(16(19)20-3)4-5-14(15)17/h4-5,10-12H,6-9,17H2,1-3H3. The number of carbonyl (C=O) groups excluding carboxylic acids is 1. The van der Waals surface area contributed by atoms with Crippen LogP contribution < -0.4 is 10.6 Å². The zero-order chi connectivity index (χ0) is 14.7. The van der Waals surface area contributed by atoms with Crippen LogP contribution in [0, 0.1) is 11.8 Å². The van der Waals surface area contributed by atoms with Gasteiger partial charge in [0.05, 0.1) is 24.0 Å². The molecule has 1 saturated heterocycles. The molecule has 4 nitrogen and oxygen atoms in total. The lowest BCUT2D eigenvalue weighted by atomic mass is 9.86. The number of methoxy groups -OCH3 is 1. The highest BCUT2D eigenvalue weighted by Crippen LogP contribution is 2.31. The smallest absolute Gasteiger partial charge is 0.337 e. The first-order chi connectivity index (χ1) is 9.52. The summed E-state index contributed by atoms with van der Waals surface area (Å²) >= 11 is 0. The second kappa shape index (κ2) is 6.16. The molecule has 0 bridgehead atoms. The van der Waals surface area contributed by atoms with E-state index in [4.69, 9.17) is 10.5 Å². The van der Waals surface area contributed by atoms with Crippen molar-refractivity contribution in [2.45, 2.75) is 26.7 Å². The van der Waals surface area contributed by atoms with Crippen LogP contribution >= 0.6 is 0 Å². The summed E-state index contributed by atoms with van der Waals surface area (Å²) in [6.45, 7) is 6.56. The Morgan fingerprint density at radius 3 is 2.55 bits per heavy atom. The number of nitrogen functional groups attached to an aromatic ring is 1. The first kappa shape index (κ1) is 14.7. The Balaban J connectivity index is 2.15. The van der Waals surface area contributed by atoms with Gasteiger partial charge < -0.3 is 15.4 Å². The van der Waals surface area contributed by atoms with Crippen molar-refractivity contribution in [1.29, 1.82) is 0 Å². The summed E-state index contributed by atoms with van der Waals surface area (Å²) < 4.78 is 4.77. The molecule has 1 aliphatic heterocycles. The normalized spacial score (nSPS) is 16.5. The number of carbonyl (C=O) groups is 1. The Bertz CT molecular complexity index is 477. The van der Waals surface area contributed by atoms with Crippen molar-refractivity contribution in [2.75, 3.05) is 30.8 Å². The Hall–Kier alpha value is -1.71. The van der Waals surface area contributed by atoms with E-state index in [1.165, 1.54) is 20.0 Å². The lowest BCUT2D eigenvalue weighted by Crippen LogP contribution is -2.35. The number of piperidine rings is 1. The molecule has 4 heteroatoms. The van der Waals surface area contributed by atoms with Crippen molar-refractivity contribution in [3.8, 4) is 0 Å². The molecule has 2 N–H and O–H groups in total. The number of rotatable bonds is 3. The van der Waals surface area contributed by atoms with Crippen molar-refractivity contribution in [3.05, 3.63) is 23.8 Å². The first-order valence-corrected chi connectivity index (χ1v) is 7.25. The van der Waals surface area contributed by atoms with E-state index in [0.717, 1.165) is 36.3 Å². The van der Waals surface area contributed by atoms with Crippen LogP contribution in [-0.4, -0.2) is 26.2 Å². The van der Waals surface area contributed by atoms with Gasteiger partial charge in [-0.1, -0.05) is 13.8 Å². The summed E-state index contributed by atoms with van der Waals surface area (Å²) in [5.41, 5.74) is 8.30. The molecule has 0 saturated carbocycles. The number of benzene rings is 1. The van der Waals surface area contributed by atoms with E-state index >= 15 is 0 Å². The van der Waals surface area contributed by atoms with Gasteiger partial charge >= 0.3 is 5.97 Å². The minimum Gasteiger partial charge on any atom is -0.465 e. The molecule has 0 unspecified atom stereocenters. The van der Waals surface area contributed by atoms with E-state index in [-0.39, 0.29) is 5.97 Å². The molecule has 2 rings (SSSR count). The second-order valence-electron chi connectivity index (χ2n) is 5.83. The van der Waals surface area contributed by atoms with Crippen molar-refractivity contribution in [2.24, 2.45) is 11.8 Å². The van der Waals surface area contributed by atoms with Crippen LogP contribution in [0.2, 0.25) is 0 Å². The van der Waals surface area contributed by atoms with Crippen LogP contribution in [0.3, 0.4) is 0 Å². The van der Waals surface area contributed by atoms with Crippen LogP contribution in [0.15, 0.2) is 18.2 Å². The zero-order valence-corrected chi connectivity index (χ0v) is 12.6. The fourth-order valence-corrected chi connectivity index (χ4v) is 2.87. The van der Waals surface area contributed by atoms with Gasteiger partial charge in [-0.3, -0.25) is 0 Å². The van der Waals surface area contributed by atoms with Crippen LogP contribution in [0.5, 0.6) is 0 Å². The summed E-state index contributed by atoms with van der Waals surface area (Å²) in [6, 6.07) is 5.35. The highest BCUT2D eigenvalue weighted by Gasteiger charge is 2.23. The molecular weight excluding hydrogens is 252 g/mol. The lowest BCUT2D eigenvalue weighted by molar-refractivity contribution is 0.0601. The molecule has 20 heavy (non-hydrogen) atoms. The average molecular weight is 276 g/mol. The molecule has 1 aliphatic rings. The van der Waals surface area contributed by atoms with Crippen molar-refractivity contribution < 1.29 is 9.53 Å². The predicted molar refractivity (Wildman–Crippen MR) is 82.0 cm³/mol. The van der Waals surface area contributed by atoms with E-state index in [9.17, 15) is 4.79 Å². The molecule has 0 aliphatic carbocycles. The first-order valence-electron chi connectivity index (χ1n) is 7.25. The summed E-state index contributed by atoms with van der Waals surface area (Å²) in [4.78, 5) is 13.9. The van der Waals surface area contributed by atoms with Crippen molar-refractivity contribution >= 4 is 17.3 Å². The second-order valence-corrected chi connectivity index (χ2v) is 5.83. The molecule has 110 valence electrons. The van der Waals surface area contributed by atoms with Crippen molar-refractivity contribution in [1.82, 2.24) is 0 Å². The largest absolute Gasteiger partial charge is 0.465 e. The number of hydrogen-bond acceptors (Lipinski definition) is 4. The predicted octanol–water partition coefficient (Wildman–Crippen LogP) is 2.93. The maximum Gasteiger partial charge on any atom is 0.337 e. The van der Waals surface area contributed by atoms with Crippen LogP contribution in [0.25, 0.3) is 0 Å². The van der Waals surface area contributed by atoms with E-state index in [0.29, 0.717) is 5.56 Å². The Labute approximate surface area is 120 Å². The minimum absolute atomic E-state index is 0.316. The van der Waals surface area contributed by atoms with Gasteiger partial charge in [0.2, 0.25) is 0 Å². The quantitative estimate of drug-likeness (QED) is 0.681. The Kier molecular flexibility index (Phi) is 4.53. The molecule has 1 heterocycles. The van der Waals surface area contributed by atoms with Gasteiger partial charge in [-0.05, 0) is 42.9 Å². The Morgan fingerprint density at radius 2 is 2.00 bits per heavy atom. The zero-order valence-electron chi connectivity index (χ0n) is 12.6. The van der Waals surface area contributed by atoms with Crippen LogP contribution in [-0.2, 0) is 4.74 Å². The Morgan fingerprint density at radius 1 is 1.35 bits per heavy atom. The third-order valence-electron chi connectivity index (χ3n) is 4.27.